The summed E-state index contributed by atoms with van der Waals surface area (Å²) in [6, 6.07) is 23.0. The number of ether oxygens (including phenoxy) is 7. The number of methoxy groups -OCH3 is 5. The standard InChI is InChI=1S/C42H50N2O8/c1-46-34-21-19-29(17-18-30-26-38(48-3)40(50-5)39(27-30)49-4)25-37(34)52-24-14-10-8-6-7-9-13-23-51-35-22-20-31(28-36(35)47-2)41-43-33-16-12-11-15-32(33)42(45)44-41/h11-12,15-22,25-28,41,43H,6-10,13-14,23-24H2,1-5H3,(H,44,45)/b18-17-. The molecule has 0 aromatic heterocycles. The maximum Gasteiger partial charge on any atom is 0.255 e. The topological polar surface area (TPSA) is 106 Å². The smallest absolute Gasteiger partial charge is 0.255 e. The fourth-order valence-electron chi connectivity index (χ4n) is 6.11. The molecule has 1 heterocycles. The number of benzene rings is 4. The first kappa shape index (κ1) is 37.7. The first-order chi connectivity index (χ1) is 25.5. The fourth-order valence-corrected chi connectivity index (χ4v) is 6.11. The largest absolute Gasteiger partial charge is 0.493 e. The van der Waals surface area contributed by atoms with Crippen LogP contribution in [-0.2, 0) is 0 Å². The van der Waals surface area contributed by atoms with Crippen LogP contribution in [0.5, 0.6) is 40.2 Å². The number of carbonyl (C=O) groups is 1. The van der Waals surface area contributed by atoms with Gasteiger partial charge in [0.2, 0.25) is 5.75 Å². The zero-order chi connectivity index (χ0) is 36.7. The molecule has 1 aliphatic heterocycles. The Bertz CT molecular complexity index is 1780. The maximum atomic E-state index is 12.6. The minimum absolute atomic E-state index is 0.103. The Kier molecular flexibility index (Phi) is 13.9. The lowest BCUT2D eigenvalue weighted by atomic mass is 10.1. The van der Waals surface area contributed by atoms with Crippen LogP contribution in [-0.4, -0.2) is 54.7 Å². The van der Waals surface area contributed by atoms with Crippen molar-refractivity contribution in [2.24, 2.45) is 0 Å². The molecule has 0 aliphatic carbocycles. The molecular weight excluding hydrogens is 660 g/mol. The summed E-state index contributed by atoms with van der Waals surface area (Å²) in [6.45, 7) is 1.25. The second-order valence-corrected chi connectivity index (χ2v) is 12.4. The zero-order valence-corrected chi connectivity index (χ0v) is 30.8. The summed E-state index contributed by atoms with van der Waals surface area (Å²) in [5.74, 6) is 4.45. The molecule has 10 nitrogen and oxygen atoms in total. The summed E-state index contributed by atoms with van der Waals surface area (Å²) in [5.41, 5.74) is 4.25. The minimum atomic E-state index is -0.346. The molecule has 0 fully saturated rings. The van der Waals surface area contributed by atoms with Crippen LogP contribution in [0.3, 0.4) is 0 Å². The third-order valence-corrected chi connectivity index (χ3v) is 8.91. The molecule has 0 saturated carbocycles. The zero-order valence-electron chi connectivity index (χ0n) is 30.8. The molecule has 4 aromatic carbocycles. The van der Waals surface area contributed by atoms with Gasteiger partial charge in [-0.05, 0) is 78.1 Å². The molecule has 2 N–H and O–H groups in total. The lowest BCUT2D eigenvalue weighted by molar-refractivity contribution is 0.0935. The third kappa shape index (κ3) is 9.84. The summed E-state index contributed by atoms with van der Waals surface area (Å²) in [6.07, 6.45) is 11.3. The Balaban J connectivity index is 0.986. The number of anilines is 1. The first-order valence-electron chi connectivity index (χ1n) is 17.7. The highest BCUT2D eigenvalue weighted by molar-refractivity contribution is 6.01. The van der Waals surface area contributed by atoms with E-state index >= 15 is 0 Å². The van der Waals surface area contributed by atoms with Crippen molar-refractivity contribution in [3.8, 4) is 40.2 Å². The van der Waals surface area contributed by atoms with Gasteiger partial charge in [-0.25, -0.2) is 0 Å². The number of unbranched alkanes of at least 4 members (excludes halogenated alkanes) is 6. The molecular formula is C42H50N2O8. The van der Waals surface area contributed by atoms with E-state index in [1.54, 1.807) is 35.5 Å². The number of nitrogens with one attached hydrogen (secondary N) is 2. The lowest BCUT2D eigenvalue weighted by Gasteiger charge is -2.28. The number of para-hydroxylation sites is 1. The van der Waals surface area contributed by atoms with Gasteiger partial charge in [0.05, 0.1) is 54.3 Å². The number of rotatable bonds is 20. The molecule has 1 amide bonds. The van der Waals surface area contributed by atoms with Crippen molar-refractivity contribution >= 4 is 23.7 Å². The van der Waals surface area contributed by atoms with Gasteiger partial charge in [-0.2, -0.15) is 0 Å². The Morgan fingerprint density at radius 1 is 0.538 bits per heavy atom. The number of amides is 1. The number of fused-ring (bicyclic) bond motifs is 1. The lowest BCUT2D eigenvalue weighted by Crippen LogP contribution is -2.38. The van der Waals surface area contributed by atoms with Crippen LogP contribution in [0.1, 0.15) is 78.2 Å². The van der Waals surface area contributed by atoms with Crippen molar-refractivity contribution in [2.45, 2.75) is 51.1 Å². The molecule has 10 heteroatoms. The quantitative estimate of drug-likeness (QED) is 0.0687. The number of hydrogen-bond donors (Lipinski definition) is 2. The van der Waals surface area contributed by atoms with Gasteiger partial charge in [0.1, 0.15) is 6.17 Å². The van der Waals surface area contributed by atoms with Crippen molar-refractivity contribution in [1.82, 2.24) is 5.32 Å². The predicted molar refractivity (Wildman–Crippen MR) is 205 cm³/mol. The molecule has 0 radical (unpaired) electrons. The van der Waals surface area contributed by atoms with Gasteiger partial charge in [0.25, 0.3) is 5.91 Å². The molecule has 1 atom stereocenters. The van der Waals surface area contributed by atoms with Gasteiger partial charge in [0.15, 0.2) is 34.5 Å². The third-order valence-electron chi connectivity index (χ3n) is 8.91. The Hall–Kier alpha value is -5.51. The molecule has 52 heavy (non-hydrogen) atoms. The minimum Gasteiger partial charge on any atom is -0.493 e. The molecule has 276 valence electrons. The van der Waals surface area contributed by atoms with E-state index in [1.165, 1.54) is 6.42 Å². The van der Waals surface area contributed by atoms with E-state index in [2.05, 4.69) is 10.6 Å². The highest BCUT2D eigenvalue weighted by atomic mass is 16.5. The molecule has 0 bridgehead atoms. The summed E-state index contributed by atoms with van der Waals surface area (Å²) in [4.78, 5) is 12.6. The van der Waals surface area contributed by atoms with Crippen molar-refractivity contribution in [3.05, 3.63) is 95.1 Å². The highest BCUT2D eigenvalue weighted by Crippen LogP contribution is 2.39. The Morgan fingerprint density at radius 2 is 1.12 bits per heavy atom. The van der Waals surface area contributed by atoms with Crippen LogP contribution in [0.25, 0.3) is 12.2 Å². The number of hydrogen-bond acceptors (Lipinski definition) is 9. The molecule has 1 aliphatic rings. The van der Waals surface area contributed by atoms with E-state index < -0.39 is 0 Å². The van der Waals surface area contributed by atoms with Crippen LogP contribution in [0.2, 0.25) is 0 Å². The van der Waals surface area contributed by atoms with Crippen LogP contribution >= 0.6 is 0 Å². The molecule has 1 unspecified atom stereocenters. The van der Waals surface area contributed by atoms with Crippen LogP contribution < -0.4 is 43.8 Å². The monoisotopic (exact) mass is 710 g/mol. The molecule has 4 aromatic rings. The fraction of sp³-hybridized carbons (Fsp3) is 0.357. The van der Waals surface area contributed by atoms with Gasteiger partial charge in [-0.3, -0.25) is 4.79 Å². The van der Waals surface area contributed by atoms with E-state index in [0.717, 1.165) is 66.7 Å². The van der Waals surface area contributed by atoms with E-state index in [1.807, 2.05) is 84.9 Å². The summed E-state index contributed by atoms with van der Waals surface area (Å²) < 4.78 is 39.7. The number of carbonyl (C=O) groups excluding carboxylic acids is 1. The molecule has 5 rings (SSSR count). The average Bonchev–Trinajstić information content (AvgIpc) is 3.18. The normalized spacial score (nSPS) is 13.5. The van der Waals surface area contributed by atoms with Gasteiger partial charge >= 0.3 is 0 Å². The van der Waals surface area contributed by atoms with Crippen molar-refractivity contribution in [3.63, 3.8) is 0 Å². The van der Waals surface area contributed by atoms with Crippen LogP contribution in [0, 0.1) is 0 Å². The van der Waals surface area contributed by atoms with E-state index in [4.69, 9.17) is 33.2 Å². The Labute approximate surface area is 307 Å². The van der Waals surface area contributed by atoms with Gasteiger partial charge in [-0.15, -0.1) is 0 Å². The molecule has 0 saturated heterocycles. The van der Waals surface area contributed by atoms with E-state index in [-0.39, 0.29) is 12.1 Å². The second-order valence-electron chi connectivity index (χ2n) is 12.4. The maximum absolute atomic E-state index is 12.6. The molecule has 0 spiro atoms. The summed E-state index contributed by atoms with van der Waals surface area (Å²) >= 11 is 0. The highest BCUT2D eigenvalue weighted by Gasteiger charge is 2.25. The van der Waals surface area contributed by atoms with Crippen molar-refractivity contribution < 1.29 is 38.0 Å². The predicted octanol–water partition coefficient (Wildman–Crippen LogP) is 8.94. The van der Waals surface area contributed by atoms with Crippen molar-refractivity contribution in [1.29, 1.82) is 0 Å². The van der Waals surface area contributed by atoms with E-state index in [9.17, 15) is 4.79 Å². The van der Waals surface area contributed by atoms with Gasteiger partial charge in [0, 0.05) is 5.69 Å². The Morgan fingerprint density at radius 3 is 1.77 bits per heavy atom. The summed E-state index contributed by atoms with van der Waals surface area (Å²) in [7, 11) is 8.09. The van der Waals surface area contributed by atoms with Gasteiger partial charge < -0.3 is 43.8 Å². The van der Waals surface area contributed by atoms with Crippen LogP contribution in [0.15, 0.2) is 72.8 Å². The average molecular weight is 711 g/mol. The first-order valence-corrected chi connectivity index (χ1v) is 17.7. The summed E-state index contributed by atoms with van der Waals surface area (Å²) in [5, 5.41) is 6.39. The second kappa shape index (κ2) is 19.2. The van der Waals surface area contributed by atoms with Gasteiger partial charge in [-0.1, -0.05) is 68.5 Å². The van der Waals surface area contributed by atoms with Crippen molar-refractivity contribution in [2.75, 3.05) is 54.1 Å². The van der Waals surface area contributed by atoms with Crippen LogP contribution in [0.4, 0.5) is 5.69 Å². The SMILES string of the molecule is COc1cc(C2NC(=O)c3ccccc3N2)ccc1OCCCCCCCCCOc1cc(/C=C\c2cc(OC)c(OC)c(OC)c2)ccc1OC. The van der Waals surface area contributed by atoms with E-state index in [0.29, 0.717) is 53.3 Å².